The molecule has 3 nitrogen and oxygen atoms in total. The third-order valence-corrected chi connectivity index (χ3v) is 3.70. The van der Waals surface area contributed by atoms with E-state index >= 15 is 0 Å². The van der Waals surface area contributed by atoms with Crippen LogP contribution in [0.4, 0.5) is 0 Å². The Balaban J connectivity index is 2.61. The van der Waals surface area contributed by atoms with Gasteiger partial charge in [0.05, 0.1) is 12.0 Å². The van der Waals surface area contributed by atoms with Crippen LogP contribution in [0.1, 0.15) is 10.4 Å². The maximum absolute atomic E-state index is 10.9. The van der Waals surface area contributed by atoms with E-state index in [1.165, 1.54) is 11.3 Å². The summed E-state index contributed by atoms with van der Waals surface area (Å²) < 4.78 is 5.28. The molecule has 19 heavy (non-hydrogen) atoms. The van der Waals surface area contributed by atoms with Crippen molar-refractivity contribution in [3.05, 3.63) is 52.2 Å². The number of hydrogen-bond donors (Lipinski definition) is 2. The summed E-state index contributed by atoms with van der Waals surface area (Å²) in [5.41, 5.74) is -0.898. The Labute approximate surface area is 116 Å². The highest BCUT2D eigenvalue weighted by molar-refractivity contribution is 7.10. The van der Waals surface area contributed by atoms with Crippen LogP contribution in [0, 0.1) is 11.8 Å². The Morgan fingerprint density at radius 1 is 1.26 bits per heavy atom. The average Bonchev–Trinajstić information content (AvgIpc) is 2.99. The molecule has 0 saturated carbocycles. The molecule has 1 aromatic carbocycles. The Morgan fingerprint density at radius 3 is 2.68 bits per heavy atom. The van der Waals surface area contributed by atoms with Crippen molar-refractivity contribution in [3.63, 3.8) is 0 Å². The fraction of sp³-hybridized carbons (Fsp3) is 0.200. The highest BCUT2D eigenvalue weighted by Crippen LogP contribution is 2.37. The van der Waals surface area contributed by atoms with Crippen molar-refractivity contribution in [2.45, 2.75) is 5.60 Å². The molecule has 0 radical (unpaired) electrons. The zero-order valence-electron chi connectivity index (χ0n) is 10.5. The molecule has 4 heteroatoms. The Morgan fingerprint density at radius 2 is 2.05 bits per heavy atom. The molecule has 1 aromatic heterocycles. The number of hydrogen-bond acceptors (Lipinski definition) is 4. The normalized spacial score (nSPS) is 13.2. The summed E-state index contributed by atoms with van der Waals surface area (Å²) in [4.78, 5) is 0.693. The van der Waals surface area contributed by atoms with Gasteiger partial charge in [0.15, 0.2) is 5.60 Å². The Kier molecular flexibility index (Phi) is 4.23. The van der Waals surface area contributed by atoms with Gasteiger partial charge in [-0.2, -0.15) is 0 Å². The minimum absolute atomic E-state index is 0.303. The van der Waals surface area contributed by atoms with Gasteiger partial charge in [0.25, 0.3) is 0 Å². The van der Waals surface area contributed by atoms with E-state index in [-0.39, 0.29) is 6.61 Å². The maximum atomic E-state index is 10.9. The molecule has 2 aromatic rings. The van der Waals surface area contributed by atoms with E-state index in [0.717, 1.165) is 0 Å². The monoisotopic (exact) mass is 274 g/mol. The van der Waals surface area contributed by atoms with Crippen molar-refractivity contribution in [2.24, 2.45) is 0 Å². The molecule has 0 spiro atoms. The third kappa shape index (κ3) is 2.64. The minimum Gasteiger partial charge on any atom is -0.496 e. The van der Waals surface area contributed by atoms with Gasteiger partial charge < -0.3 is 14.9 Å². The van der Waals surface area contributed by atoms with Crippen LogP contribution < -0.4 is 4.74 Å². The second-order valence-electron chi connectivity index (χ2n) is 3.85. The number of para-hydroxylation sites is 1. The van der Waals surface area contributed by atoms with Crippen LogP contribution in [0.5, 0.6) is 5.75 Å². The highest BCUT2D eigenvalue weighted by atomic mass is 32.1. The lowest BCUT2D eigenvalue weighted by molar-refractivity contribution is 0.145. The smallest absolute Gasteiger partial charge is 0.189 e. The number of ether oxygens (including phenoxy) is 1. The summed E-state index contributed by atoms with van der Waals surface area (Å²) >= 11 is 1.40. The Bertz CT molecular complexity index is 595. The van der Waals surface area contributed by atoms with Gasteiger partial charge in [0, 0.05) is 5.56 Å². The van der Waals surface area contributed by atoms with E-state index in [2.05, 4.69) is 11.8 Å². The van der Waals surface area contributed by atoms with Gasteiger partial charge >= 0.3 is 0 Å². The second-order valence-corrected chi connectivity index (χ2v) is 4.80. The molecule has 1 unspecified atom stereocenters. The van der Waals surface area contributed by atoms with Crippen molar-refractivity contribution in [1.29, 1.82) is 0 Å². The van der Waals surface area contributed by atoms with Crippen LogP contribution >= 0.6 is 11.3 Å². The number of methoxy groups -OCH3 is 1. The highest BCUT2D eigenvalue weighted by Gasteiger charge is 2.33. The molecule has 98 valence electrons. The number of thiophene rings is 1. The molecule has 0 bridgehead atoms. The lowest BCUT2D eigenvalue weighted by Gasteiger charge is -2.23. The van der Waals surface area contributed by atoms with E-state index in [1.54, 1.807) is 19.2 Å². The molecular formula is C15H14O3S. The minimum atomic E-state index is -1.47. The van der Waals surface area contributed by atoms with Crippen molar-refractivity contribution in [2.75, 3.05) is 13.7 Å². The van der Waals surface area contributed by atoms with Crippen molar-refractivity contribution in [1.82, 2.24) is 0 Å². The van der Waals surface area contributed by atoms with Crippen LogP contribution in [0.2, 0.25) is 0 Å². The molecule has 0 fully saturated rings. The van der Waals surface area contributed by atoms with E-state index in [1.807, 2.05) is 29.6 Å². The van der Waals surface area contributed by atoms with Gasteiger partial charge in [-0.05, 0) is 17.5 Å². The molecular weight excluding hydrogens is 260 g/mol. The predicted molar refractivity (Wildman–Crippen MR) is 75.2 cm³/mol. The first-order chi connectivity index (χ1) is 9.22. The van der Waals surface area contributed by atoms with E-state index in [0.29, 0.717) is 16.2 Å². The summed E-state index contributed by atoms with van der Waals surface area (Å²) in [5, 5.41) is 21.7. The quantitative estimate of drug-likeness (QED) is 0.842. The summed E-state index contributed by atoms with van der Waals surface area (Å²) in [7, 11) is 1.55. The molecule has 0 aliphatic carbocycles. The lowest BCUT2D eigenvalue weighted by Crippen LogP contribution is -2.25. The first kappa shape index (κ1) is 13.6. The molecule has 0 aliphatic rings. The van der Waals surface area contributed by atoms with Gasteiger partial charge in [-0.25, -0.2) is 0 Å². The van der Waals surface area contributed by atoms with E-state index in [9.17, 15) is 5.11 Å². The van der Waals surface area contributed by atoms with E-state index < -0.39 is 5.60 Å². The topological polar surface area (TPSA) is 49.7 Å². The third-order valence-electron chi connectivity index (χ3n) is 2.72. The zero-order valence-corrected chi connectivity index (χ0v) is 11.3. The van der Waals surface area contributed by atoms with Gasteiger partial charge in [-0.15, -0.1) is 11.3 Å². The van der Waals surface area contributed by atoms with Crippen LogP contribution in [-0.4, -0.2) is 23.9 Å². The van der Waals surface area contributed by atoms with Crippen LogP contribution in [-0.2, 0) is 5.60 Å². The second kappa shape index (κ2) is 5.89. The summed E-state index contributed by atoms with van der Waals surface area (Å²) in [5.74, 6) is 5.82. The average molecular weight is 274 g/mol. The largest absolute Gasteiger partial charge is 0.496 e. The lowest BCUT2D eigenvalue weighted by atomic mass is 9.92. The predicted octanol–water partition coefficient (Wildman–Crippen LogP) is 1.99. The van der Waals surface area contributed by atoms with Crippen molar-refractivity contribution >= 4 is 11.3 Å². The van der Waals surface area contributed by atoms with Crippen molar-refractivity contribution in [3.8, 4) is 17.6 Å². The number of aliphatic hydroxyl groups excluding tert-OH is 1. The number of benzene rings is 1. The molecule has 1 atom stereocenters. The van der Waals surface area contributed by atoms with Crippen LogP contribution in [0.25, 0.3) is 0 Å². The molecule has 2 N–H and O–H groups in total. The van der Waals surface area contributed by atoms with Crippen LogP contribution in [0.15, 0.2) is 41.8 Å². The SMILES string of the molecule is COc1ccccc1C(O)(C#CCO)c1cccs1. The Hall–Kier alpha value is -1.80. The van der Waals surface area contributed by atoms with Gasteiger partial charge in [-0.3, -0.25) is 0 Å². The summed E-state index contributed by atoms with van der Waals surface area (Å²) in [6, 6.07) is 10.8. The maximum Gasteiger partial charge on any atom is 0.189 e. The standard InChI is InChI=1S/C15H14O3S/c1-18-13-7-3-2-6-12(13)15(17,9-5-10-16)14-8-4-11-19-14/h2-4,6-8,11,16-17H,10H2,1H3. The van der Waals surface area contributed by atoms with Crippen LogP contribution in [0.3, 0.4) is 0 Å². The van der Waals surface area contributed by atoms with Gasteiger partial charge in [0.2, 0.25) is 0 Å². The molecule has 1 heterocycles. The molecule has 0 saturated heterocycles. The molecule has 0 amide bonds. The number of rotatable bonds is 3. The van der Waals surface area contributed by atoms with Gasteiger partial charge in [-0.1, -0.05) is 36.1 Å². The summed E-state index contributed by atoms with van der Waals surface area (Å²) in [6.07, 6.45) is 0. The fourth-order valence-corrected chi connectivity index (χ4v) is 2.65. The van der Waals surface area contributed by atoms with Crippen molar-refractivity contribution < 1.29 is 14.9 Å². The first-order valence-corrected chi connectivity index (χ1v) is 6.61. The zero-order chi connectivity index (χ0) is 13.7. The fourth-order valence-electron chi connectivity index (χ4n) is 1.86. The van der Waals surface area contributed by atoms with Gasteiger partial charge in [0.1, 0.15) is 12.4 Å². The molecule has 2 rings (SSSR count). The van der Waals surface area contributed by atoms with E-state index in [4.69, 9.17) is 9.84 Å². The first-order valence-electron chi connectivity index (χ1n) is 5.73. The summed E-state index contributed by atoms with van der Waals surface area (Å²) in [6.45, 7) is -0.303. The molecule has 0 aliphatic heterocycles. The number of aliphatic hydroxyl groups is 2.